The molecule has 0 nitrogen and oxygen atoms in total. The van der Waals surface area contributed by atoms with Gasteiger partial charge in [0.05, 0.1) is 0 Å². The molecule has 1 saturated heterocycles. The van der Waals surface area contributed by atoms with Gasteiger partial charge in [0.25, 0.3) is 17.2 Å². The van der Waals surface area contributed by atoms with E-state index < -0.39 is 32.9 Å². The summed E-state index contributed by atoms with van der Waals surface area (Å²) in [7, 11) is -2.22. The Hall–Kier alpha value is 3.55. The Morgan fingerprint density at radius 3 is 1.93 bits per heavy atom. The summed E-state index contributed by atoms with van der Waals surface area (Å²) >= 11 is 44.6. The van der Waals surface area contributed by atoms with Gasteiger partial charge in [-0.2, -0.15) is 33.2 Å². The van der Waals surface area contributed by atoms with Crippen LogP contribution in [-0.2, 0) is 0 Å². The standard InChI is InChI=1S/Cl7H7Si7/c1-11-9-8-10-12(2,3)14(6,7)13(11,4)5/h11H,8-10H2. The summed E-state index contributed by atoms with van der Waals surface area (Å²) in [6, 6.07) is 0. The van der Waals surface area contributed by atoms with Gasteiger partial charge in [0.15, 0.2) is 0 Å². The molecule has 1 heterocycles. The van der Waals surface area contributed by atoms with Gasteiger partial charge in [-0.05, 0) is 8.55 Å². The summed E-state index contributed by atoms with van der Waals surface area (Å²) in [6.45, 7) is 0. The van der Waals surface area contributed by atoms with Crippen molar-refractivity contribution in [2.75, 3.05) is 0 Å². The van der Waals surface area contributed by atoms with E-state index in [1.165, 1.54) is 0 Å². The van der Waals surface area contributed by atoms with E-state index >= 15 is 0 Å². The van der Waals surface area contributed by atoms with Crippen LogP contribution in [0.15, 0.2) is 0 Å². The summed E-state index contributed by atoms with van der Waals surface area (Å²) in [5, 5.41) is 0. The van der Waals surface area contributed by atoms with Gasteiger partial charge in [-0.3, -0.25) is 0 Å². The van der Waals surface area contributed by atoms with E-state index in [1.54, 1.807) is 0 Å². The molecule has 0 amide bonds. The van der Waals surface area contributed by atoms with Crippen LogP contribution in [0.3, 0.4) is 0 Å². The average molecular weight is 452 g/mol. The number of hydrogen-bond donors (Lipinski definition) is 0. The van der Waals surface area contributed by atoms with Crippen LogP contribution < -0.4 is 0 Å². The van der Waals surface area contributed by atoms with E-state index in [1.807, 2.05) is 0 Å². The lowest BCUT2D eigenvalue weighted by atomic mass is 26.1. The highest BCUT2D eigenvalue weighted by molar-refractivity contribution is 8.32. The highest BCUT2D eigenvalue weighted by Gasteiger charge is 2.70. The molecule has 1 fully saturated rings. The molecule has 14 heteroatoms. The lowest BCUT2D eigenvalue weighted by Gasteiger charge is -2.34. The molecule has 0 aromatic carbocycles. The molecule has 1 aliphatic heterocycles. The van der Waals surface area contributed by atoms with Gasteiger partial charge < -0.3 is 0 Å². The minimum Gasteiger partial charge on any atom is -0.177 e. The van der Waals surface area contributed by atoms with E-state index in [0.29, 0.717) is 0 Å². The van der Waals surface area contributed by atoms with Crippen LogP contribution in [0.2, 0.25) is 0 Å². The number of rotatable bonds is 0. The third-order valence-electron chi connectivity index (χ3n) is 2.22. The molecule has 0 saturated carbocycles. The topological polar surface area (TPSA) is 0 Å². The minimum atomic E-state index is -2.81. The van der Waals surface area contributed by atoms with Gasteiger partial charge in [-0.15, -0.1) is 44.3 Å². The minimum absolute atomic E-state index is 0.0784. The Morgan fingerprint density at radius 1 is 0.929 bits per heavy atom. The smallest absolute Gasteiger partial charge is 0.177 e. The van der Waals surface area contributed by atoms with Gasteiger partial charge in [-0.1, -0.05) is 0 Å². The van der Waals surface area contributed by atoms with Gasteiger partial charge in [-0.25, -0.2) is 0 Å². The van der Waals surface area contributed by atoms with Crippen molar-refractivity contribution in [1.29, 1.82) is 0 Å². The monoisotopic (exact) mass is 448 g/mol. The molecule has 0 spiro atoms. The second-order valence-corrected chi connectivity index (χ2v) is 88.1. The Bertz CT molecular complexity index is 222. The van der Waals surface area contributed by atoms with Crippen molar-refractivity contribution in [3.05, 3.63) is 0 Å². The maximum absolute atomic E-state index is 6.38. The molecule has 0 aliphatic carbocycles. The molecular formula is H7Cl7Si7. The van der Waals surface area contributed by atoms with Gasteiger partial charge in [0, 0.05) is 17.1 Å². The third kappa shape index (κ3) is 2.76. The number of halogens is 7. The second-order valence-electron chi connectivity index (χ2n) is 3.26. The van der Waals surface area contributed by atoms with Crippen LogP contribution in [0.25, 0.3) is 0 Å². The maximum atomic E-state index is 6.38. The van der Waals surface area contributed by atoms with Crippen molar-refractivity contribution in [3.8, 4) is 0 Å². The molecule has 0 aromatic rings. The van der Waals surface area contributed by atoms with E-state index in [-0.39, 0.29) is 17.1 Å². The molecule has 1 unspecified atom stereocenters. The van der Waals surface area contributed by atoms with E-state index in [0.717, 1.165) is 0 Å². The molecule has 0 radical (unpaired) electrons. The van der Waals surface area contributed by atoms with Gasteiger partial charge >= 0.3 is 0 Å². The van der Waals surface area contributed by atoms with E-state index in [4.69, 9.17) is 77.6 Å². The first-order valence-electron chi connectivity index (χ1n) is 3.90. The molecule has 1 rings (SSSR count). The third-order valence-corrected chi connectivity index (χ3v) is 180. The predicted octanol–water partition coefficient (Wildman–Crippen LogP) is 0.287. The zero-order valence-corrected chi connectivity index (χ0v) is 20.5. The van der Waals surface area contributed by atoms with Crippen LogP contribution in [-0.4, -0.2) is 50.0 Å². The zero-order chi connectivity index (χ0) is 11.2. The average Bonchev–Trinajstić information content (AvgIpc) is 2.05. The normalized spacial score (nSPS) is 40.1. The van der Waals surface area contributed by atoms with E-state index in [2.05, 4.69) is 0 Å². The lowest BCUT2D eigenvalue weighted by molar-refractivity contribution is 3.28. The number of hydrogen-bond acceptors (Lipinski definition) is 0. The molecule has 0 bridgehead atoms. The lowest BCUT2D eigenvalue weighted by Crippen LogP contribution is -2.69. The molecule has 0 N–H and O–H groups in total. The van der Waals surface area contributed by atoms with Crippen LogP contribution >= 0.6 is 77.6 Å². The van der Waals surface area contributed by atoms with Crippen LogP contribution in [0.5, 0.6) is 0 Å². The molecule has 84 valence electrons. The highest BCUT2D eigenvalue weighted by Crippen LogP contribution is 2.46. The van der Waals surface area contributed by atoms with Crippen molar-refractivity contribution in [2.24, 2.45) is 0 Å². The fourth-order valence-corrected chi connectivity index (χ4v) is 312. The summed E-state index contributed by atoms with van der Waals surface area (Å²) in [5.74, 6) is 0. The molecule has 14 heavy (non-hydrogen) atoms. The summed E-state index contributed by atoms with van der Waals surface area (Å²) in [4.78, 5) is 0. The fourth-order valence-electron chi connectivity index (χ4n) is 1.28. The predicted molar refractivity (Wildman–Crippen MR) is 91.0 cm³/mol. The van der Waals surface area contributed by atoms with E-state index in [9.17, 15) is 0 Å². The summed E-state index contributed by atoms with van der Waals surface area (Å²) in [5.41, 5.74) is -7.92. The first kappa shape index (κ1) is 15.6. The second kappa shape index (κ2) is 5.27. The van der Waals surface area contributed by atoms with Gasteiger partial charge in [0.1, 0.15) is 7.14 Å². The first-order chi connectivity index (χ1) is 6.13. The fraction of sp³-hybridized carbons (Fsp3) is 0. The molecule has 0 aromatic heterocycles. The van der Waals surface area contributed by atoms with Crippen molar-refractivity contribution in [1.82, 2.24) is 0 Å². The largest absolute Gasteiger partial charge is 0.290 e. The Morgan fingerprint density at radius 2 is 1.43 bits per heavy atom. The summed E-state index contributed by atoms with van der Waals surface area (Å²) < 4.78 is 0. The van der Waals surface area contributed by atoms with Crippen LogP contribution in [0, 0.1) is 0 Å². The highest BCUT2D eigenvalue weighted by atomic mass is 35.8. The van der Waals surface area contributed by atoms with Crippen molar-refractivity contribution >= 4 is 128 Å². The Labute approximate surface area is 126 Å². The Balaban J connectivity index is 3.13. The van der Waals surface area contributed by atoms with Crippen LogP contribution in [0.1, 0.15) is 0 Å². The van der Waals surface area contributed by atoms with Gasteiger partial charge in [0.2, 0.25) is 0 Å². The zero-order valence-electron chi connectivity index (χ0n) is 6.84. The molecule has 1 atom stereocenters. The summed E-state index contributed by atoms with van der Waals surface area (Å²) in [6.07, 6.45) is 0. The SMILES string of the molecule is Cl[SiH]1[SiH2][SiH2][SiH2][Si](Cl)(Cl)[Si](Cl)(Cl)[Si]1(Cl)Cl. The first-order valence-corrected chi connectivity index (χ1v) is 35.1. The van der Waals surface area contributed by atoms with Crippen molar-refractivity contribution in [2.45, 2.75) is 0 Å². The Kier molecular flexibility index (Phi) is 5.88. The molecular weight excluding hydrogens is 445 g/mol. The van der Waals surface area contributed by atoms with Crippen molar-refractivity contribution in [3.63, 3.8) is 0 Å². The van der Waals surface area contributed by atoms with Crippen molar-refractivity contribution < 1.29 is 0 Å². The maximum Gasteiger partial charge on any atom is 0.290 e. The molecule has 1 aliphatic rings. The van der Waals surface area contributed by atoms with Crippen LogP contribution in [0.4, 0.5) is 0 Å². The quantitative estimate of drug-likeness (QED) is 0.367.